The lowest BCUT2D eigenvalue weighted by molar-refractivity contribution is -0.150. The first-order valence-corrected chi connectivity index (χ1v) is 5.48. The second-order valence-corrected chi connectivity index (χ2v) is 3.88. The molecule has 0 aliphatic carbocycles. The van der Waals surface area contributed by atoms with Crippen LogP contribution in [-0.2, 0) is 9.53 Å². The van der Waals surface area contributed by atoms with E-state index in [0.717, 1.165) is 10.9 Å². The summed E-state index contributed by atoms with van der Waals surface area (Å²) in [5.74, 6) is -1.16. The third-order valence-electron chi connectivity index (χ3n) is 2.71. The molecular formula is C13H13NO4. The lowest BCUT2D eigenvalue weighted by Gasteiger charge is -2.08. The maximum Gasteiger partial charge on any atom is 0.335 e. The molecule has 0 bridgehead atoms. The maximum absolute atomic E-state index is 11.9. The van der Waals surface area contributed by atoms with Crippen LogP contribution in [0.1, 0.15) is 11.2 Å². The molecule has 1 N–H and O–H groups in total. The molecule has 0 aliphatic heterocycles. The molecule has 0 amide bonds. The van der Waals surface area contributed by atoms with Gasteiger partial charge in [-0.2, -0.15) is 0 Å². The van der Waals surface area contributed by atoms with Gasteiger partial charge in [-0.15, -0.1) is 0 Å². The van der Waals surface area contributed by atoms with Crippen molar-refractivity contribution in [2.24, 2.45) is 0 Å². The Balaban J connectivity index is 2.21. The number of esters is 1. The molecule has 0 saturated heterocycles. The van der Waals surface area contributed by atoms with E-state index in [4.69, 9.17) is 0 Å². The molecule has 0 saturated carbocycles. The molecule has 2 rings (SSSR count). The first-order chi connectivity index (χ1) is 8.63. The lowest BCUT2D eigenvalue weighted by Crippen LogP contribution is -2.27. The number of hydrogen-bond acceptors (Lipinski definition) is 4. The normalized spacial score (nSPS) is 12.3. The highest BCUT2D eigenvalue weighted by atomic mass is 16.5. The minimum atomic E-state index is -1.43. The zero-order chi connectivity index (χ0) is 13.1. The quantitative estimate of drug-likeness (QED) is 0.828. The van der Waals surface area contributed by atoms with Crippen molar-refractivity contribution in [2.45, 2.75) is 12.5 Å². The van der Waals surface area contributed by atoms with E-state index < -0.39 is 12.1 Å². The fraction of sp³-hybridized carbons (Fsp3) is 0.231. The van der Waals surface area contributed by atoms with E-state index in [1.165, 1.54) is 11.7 Å². The Hall–Kier alpha value is -2.14. The number of carbonyl (C=O) groups excluding carboxylic acids is 2. The fourth-order valence-electron chi connectivity index (χ4n) is 1.78. The molecule has 0 fully saturated rings. The number of para-hydroxylation sites is 1. The van der Waals surface area contributed by atoms with Crippen molar-refractivity contribution in [3.8, 4) is 0 Å². The van der Waals surface area contributed by atoms with Crippen molar-refractivity contribution in [1.82, 2.24) is 4.57 Å². The highest BCUT2D eigenvalue weighted by molar-refractivity contribution is 5.94. The van der Waals surface area contributed by atoms with Crippen molar-refractivity contribution >= 4 is 22.8 Å². The van der Waals surface area contributed by atoms with Crippen molar-refractivity contribution in [2.75, 3.05) is 7.11 Å². The van der Waals surface area contributed by atoms with Gasteiger partial charge >= 0.3 is 5.97 Å². The first kappa shape index (κ1) is 12.3. The summed E-state index contributed by atoms with van der Waals surface area (Å²) in [6.45, 7) is 0. The van der Waals surface area contributed by atoms with Gasteiger partial charge in [-0.1, -0.05) is 18.2 Å². The van der Waals surface area contributed by atoms with Crippen LogP contribution in [0.5, 0.6) is 0 Å². The zero-order valence-corrected chi connectivity index (χ0v) is 9.87. The number of nitrogens with zero attached hydrogens (tertiary/aromatic N) is 1. The topological polar surface area (TPSA) is 68.5 Å². The van der Waals surface area contributed by atoms with Crippen LogP contribution in [0, 0.1) is 0 Å². The number of fused-ring (bicyclic) bond motifs is 1. The Morgan fingerprint density at radius 3 is 2.78 bits per heavy atom. The summed E-state index contributed by atoms with van der Waals surface area (Å²) in [5, 5.41) is 10.4. The predicted molar refractivity (Wildman–Crippen MR) is 65.2 cm³/mol. The molecule has 1 heterocycles. The fourth-order valence-corrected chi connectivity index (χ4v) is 1.78. The number of methoxy groups -OCH3 is 1. The van der Waals surface area contributed by atoms with Gasteiger partial charge in [0.05, 0.1) is 19.0 Å². The summed E-state index contributed by atoms with van der Waals surface area (Å²) in [5.41, 5.74) is 0.750. The smallest absolute Gasteiger partial charge is 0.335 e. The van der Waals surface area contributed by atoms with Gasteiger partial charge in [0, 0.05) is 11.6 Å². The van der Waals surface area contributed by atoms with E-state index in [0.29, 0.717) is 0 Å². The molecule has 5 heteroatoms. The molecule has 5 nitrogen and oxygen atoms in total. The molecule has 0 unspecified atom stereocenters. The molecule has 0 spiro atoms. The van der Waals surface area contributed by atoms with Gasteiger partial charge in [0.15, 0.2) is 6.10 Å². The summed E-state index contributed by atoms with van der Waals surface area (Å²) in [7, 11) is 1.17. The van der Waals surface area contributed by atoms with Crippen molar-refractivity contribution < 1.29 is 19.4 Å². The largest absolute Gasteiger partial charge is 0.467 e. The van der Waals surface area contributed by atoms with Crippen LogP contribution in [0.15, 0.2) is 36.5 Å². The van der Waals surface area contributed by atoms with Gasteiger partial charge in [0.2, 0.25) is 5.91 Å². The predicted octanol–water partition coefficient (Wildman–Crippen LogP) is 1.21. The zero-order valence-electron chi connectivity index (χ0n) is 9.87. The number of aliphatic hydroxyl groups is 1. The van der Waals surface area contributed by atoms with Crippen LogP contribution in [0.25, 0.3) is 10.9 Å². The molecule has 1 aromatic heterocycles. The molecule has 18 heavy (non-hydrogen) atoms. The molecule has 94 valence electrons. The Labute approximate surface area is 104 Å². The number of carbonyl (C=O) groups is 2. The average molecular weight is 247 g/mol. The number of aromatic nitrogens is 1. The van der Waals surface area contributed by atoms with Crippen molar-refractivity contribution in [1.29, 1.82) is 0 Å². The number of aliphatic hydroxyl groups excluding tert-OH is 1. The number of rotatable bonds is 3. The Morgan fingerprint density at radius 1 is 1.33 bits per heavy atom. The third-order valence-corrected chi connectivity index (χ3v) is 2.71. The first-order valence-electron chi connectivity index (χ1n) is 5.48. The van der Waals surface area contributed by atoms with E-state index in [-0.39, 0.29) is 12.3 Å². The summed E-state index contributed by atoms with van der Waals surface area (Å²) in [4.78, 5) is 23.0. The highest BCUT2D eigenvalue weighted by Gasteiger charge is 2.20. The number of benzene rings is 1. The average Bonchev–Trinajstić information content (AvgIpc) is 2.81. The van der Waals surface area contributed by atoms with Gasteiger partial charge in [-0.25, -0.2) is 4.79 Å². The SMILES string of the molecule is COC(=O)[C@@H](O)CC(=O)n1ccc2ccccc21. The van der Waals surface area contributed by atoms with Crippen LogP contribution in [-0.4, -0.2) is 34.8 Å². The monoisotopic (exact) mass is 247 g/mol. The van der Waals surface area contributed by atoms with Crippen LogP contribution in [0.3, 0.4) is 0 Å². The highest BCUT2D eigenvalue weighted by Crippen LogP contribution is 2.15. The van der Waals surface area contributed by atoms with Crippen LogP contribution in [0.4, 0.5) is 0 Å². The summed E-state index contributed by atoms with van der Waals surface area (Å²) in [6.07, 6.45) is -0.105. The molecule has 1 atom stereocenters. The van der Waals surface area contributed by atoms with Gasteiger partial charge in [0.1, 0.15) is 0 Å². The lowest BCUT2D eigenvalue weighted by atomic mass is 10.2. The van der Waals surface area contributed by atoms with Crippen LogP contribution < -0.4 is 0 Å². The second-order valence-electron chi connectivity index (χ2n) is 3.88. The maximum atomic E-state index is 11.9. The number of ether oxygens (including phenoxy) is 1. The third kappa shape index (κ3) is 2.26. The second kappa shape index (κ2) is 5.01. The standard InChI is InChI=1S/C13H13NO4/c1-18-13(17)11(15)8-12(16)14-7-6-9-4-2-3-5-10(9)14/h2-7,11,15H,8H2,1H3/t11-/m0/s1. The van der Waals surface area contributed by atoms with Gasteiger partial charge in [0.25, 0.3) is 0 Å². The summed E-state index contributed by atoms with van der Waals surface area (Å²) >= 11 is 0. The molecule has 0 aliphatic rings. The van der Waals surface area contributed by atoms with Crippen LogP contribution >= 0.6 is 0 Å². The Kier molecular flexibility index (Phi) is 3.43. The summed E-state index contributed by atoms with van der Waals surface area (Å²) in [6, 6.07) is 9.19. The Morgan fingerprint density at radius 2 is 2.06 bits per heavy atom. The van der Waals surface area contributed by atoms with E-state index in [1.54, 1.807) is 18.3 Å². The van der Waals surface area contributed by atoms with Crippen molar-refractivity contribution in [3.05, 3.63) is 36.5 Å². The van der Waals surface area contributed by atoms with E-state index >= 15 is 0 Å². The summed E-state index contributed by atoms with van der Waals surface area (Å²) < 4.78 is 5.79. The van der Waals surface area contributed by atoms with Crippen LogP contribution in [0.2, 0.25) is 0 Å². The van der Waals surface area contributed by atoms with E-state index in [2.05, 4.69) is 4.74 Å². The van der Waals surface area contributed by atoms with Gasteiger partial charge in [-0.05, 0) is 12.1 Å². The Bertz CT molecular complexity index is 587. The van der Waals surface area contributed by atoms with E-state index in [9.17, 15) is 14.7 Å². The van der Waals surface area contributed by atoms with Crippen molar-refractivity contribution in [3.63, 3.8) is 0 Å². The minimum absolute atomic E-state index is 0.300. The van der Waals surface area contributed by atoms with Gasteiger partial charge < -0.3 is 9.84 Å². The number of hydrogen-bond donors (Lipinski definition) is 1. The minimum Gasteiger partial charge on any atom is -0.467 e. The molecule has 2 aromatic rings. The van der Waals surface area contributed by atoms with Gasteiger partial charge in [-0.3, -0.25) is 9.36 Å². The van der Waals surface area contributed by atoms with E-state index in [1.807, 2.05) is 18.2 Å². The molecular weight excluding hydrogens is 234 g/mol. The molecule has 0 radical (unpaired) electrons. The molecule has 1 aromatic carbocycles.